The molecule has 0 atom stereocenters. The van der Waals surface area contributed by atoms with Gasteiger partial charge >= 0.3 is 0 Å². The van der Waals surface area contributed by atoms with E-state index in [1.54, 1.807) is 0 Å². The van der Waals surface area contributed by atoms with Crippen LogP contribution in [0.25, 0.3) is 11.4 Å². The molecular formula is C16H23N5. The normalized spacial score (nSPS) is 17.3. The molecule has 5 nitrogen and oxygen atoms in total. The maximum Gasteiger partial charge on any atom is 0.129 e. The van der Waals surface area contributed by atoms with Gasteiger partial charge in [0.2, 0.25) is 0 Å². The van der Waals surface area contributed by atoms with Gasteiger partial charge in [0.15, 0.2) is 0 Å². The van der Waals surface area contributed by atoms with Gasteiger partial charge in [-0.3, -0.25) is 5.10 Å². The fourth-order valence-corrected chi connectivity index (χ4v) is 2.93. The van der Waals surface area contributed by atoms with Gasteiger partial charge < -0.3 is 4.90 Å². The van der Waals surface area contributed by atoms with E-state index in [1.165, 1.54) is 25.9 Å². The zero-order chi connectivity index (χ0) is 14.8. The largest absolute Gasteiger partial charge is 0.306 e. The zero-order valence-corrected chi connectivity index (χ0v) is 13.1. The highest BCUT2D eigenvalue weighted by Crippen LogP contribution is 2.21. The number of hydrogen-bond acceptors (Lipinski definition) is 4. The summed E-state index contributed by atoms with van der Waals surface area (Å²) in [6.45, 7) is 6.40. The number of rotatable bonds is 3. The summed E-state index contributed by atoms with van der Waals surface area (Å²) in [5.41, 5.74) is 3.90. The number of H-pyrrole nitrogens is 1. The summed E-state index contributed by atoms with van der Waals surface area (Å²) in [6.07, 6.45) is 3.46. The Kier molecular flexibility index (Phi) is 4.01. The van der Waals surface area contributed by atoms with E-state index in [-0.39, 0.29) is 0 Å². The van der Waals surface area contributed by atoms with Crippen LogP contribution in [-0.4, -0.2) is 45.2 Å². The molecule has 1 saturated heterocycles. The first-order chi connectivity index (χ1) is 10.1. The number of nitrogens with one attached hydrogen (secondary N) is 1. The molecule has 1 N–H and O–H groups in total. The standard InChI is InChI=1S/C16H23N5/c1-11-8-14(15-9-12(2)19-20-15)18-16(17-11)10-13-4-6-21(3)7-5-13/h8-9,13H,4-7,10H2,1-3H3,(H,19,20). The maximum atomic E-state index is 4.72. The van der Waals surface area contributed by atoms with Gasteiger partial charge in [-0.1, -0.05) is 0 Å². The van der Waals surface area contributed by atoms with Crippen molar-refractivity contribution in [1.82, 2.24) is 25.1 Å². The Balaban J connectivity index is 1.78. The summed E-state index contributed by atoms with van der Waals surface area (Å²) in [7, 11) is 2.19. The summed E-state index contributed by atoms with van der Waals surface area (Å²) in [5, 5.41) is 7.28. The topological polar surface area (TPSA) is 57.7 Å². The molecule has 5 heteroatoms. The molecule has 3 rings (SSSR count). The molecule has 0 spiro atoms. The Hall–Kier alpha value is -1.75. The predicted molar refractivity (Wildman–Crippen MR) is 83.0 cm³/mol. The smallest absolute Gasteiger partial charge is 0.129 e. The minimum Gasteiger partial charge on any atom is -0.306 e. The summed E-state index contributed by atoms with van der Waals surface area (Å²) >= 11 is 0. The van der Waals surface area contributed by atoms with Crippen LogP contribution in [0.2, 0.25) is 0 Å². The number of likely N-dealkylation sites (tertiary alicyclic amines) is 1. The predicted octanol–water partition coefficient (Wildman–Crippen LogP) is 2.37. The highest BCUT2D eigenvalue weighted by atomic mass is 15.1. The van der Waals surface area contributed by atoms with Crippen molar-refractivity contribution in [3.8, 4) is 11.4 Å². The number of aromatic nitrogens is 4. The Morgan fingerprint density at radius 2 is 1.90 bits per heavy atom. The summed E-state index contributed by atoms with van der Waals surface area (Å²) < 4.78 is 0. The van der Waals surface area contributed by atoms with E-state index in [9.17, 15) is 0 Å². The molecule has 1 aliphatic rings. The molecule has 0 saturated carbocycles. The van der Waals surface area contributed by atoms with E-state index in [0.717, 1.165) is 35.0 Å². The van der Waals surface area contributed by atoms with Gasteiger partial charge in [0.05, 0.1) is 5.69 Å². The number of nitrogens with zero attached hydrogens (tertiary/aromatic N) is 4. The Morgan fingerprint density at radius 3 is 2.57 bits per heavy atom. The van der Waals surface area contributed by atoms with Gasteiger partial charge in [-0.2, -0.15) is 5.10 Å². The van der Waals surface area contributed by atoms with Gasteiger partial charge in [0, 0.05) is 17.8 Å². The van der Waals surface area contributed by atoms with E-state index in [1.807, 2.05) is 26.0 Å². The summed E-state index contributed by atoms with van der Waals surface area (Å²) in [6, 6.07) is 4.04. The first kappa shape index (κ1) is 14.2. The van der Waals surface area contributed by atoms with E-state index in [4.69, 9.17) is 4.98 Å². The first-order valence-corrected chi connectivity index (χ1v) is 7.65. The fourth-order valence-electron chi connectivity index (χ4n) is 2.93. The zero-order valence-electron chi connectivity index (χ0n) is 13.1. The van der Waals surface area contributed by atoms with Gasteiger partial charge in [-0.25, -0.2) is 9.97 Å². The Bertz CT molecular complexity index is 611. The second kappa shape index (κ2) is 5.93. The number of aromatic amines is 1. The third kappa shape index (κ3) is 3.47. The minimum atomic E-state index is 0.705. The Labute approximate surface area is 125 Å². The summed E-state index contributed by atoms with van der Waals surface area (Å²) in [5.74, 6) is 1.66. The molecule has 0 aliphatic carbocycles. The quantitative estimate of drug-likeness (QED) is 0.940. The van der Waals surface area contributed by atoms with Crippen LogP contribution >= 0.6 is 0 Å². The van der Waals surface area contributed by atoms with Crippen molar-refractivity contribution < 1.29 is 0 Å². The van der Waals surface area contributed by atoms with Crippen LogP contribution in [0.3, 0.4) is 0 Å². The molecule has 0 unspecified atom stereocenters. The van der Waals surface area contributed by atoms with Crippen molar-refractivity contribution in [2.45, 2.75) is 33.1 Å². The number of hydrogen-bond donors (Lipinski definition) is 1. The molecule has 0 aromatic carbocycles. The molecule has 2 aromatic rings. The summed E-state index contributed by atoms with van der Waals surface area (Å²) in [4.78, 5) is 11.7. The first-order valence-electron chi connectivity index (χ1n) is 7.65. The van der Waals surface area contributed by atoms with Crippen molar-refractivity contribution in [3.05, 3.63) is 29.3 Å². The van der Waals surface area contributed by atoms with E-state index >= 15 is 0 Å². The number of piperidine rings is 1. The van der Waals surface area contributed by atoms with E-state index < -0.39 is 0 Å². The number of aryl methyl sites for hydroxylation is 2. The van der Waals surface area contributed by atoms with Crippen molar-refractivity contribution in [1.29, 1.82) is 0 Å². The lowest BCUT2D eigenvalue weighted by atomic mass is 9.93. The average Bonchev–Trinajstić information content (AvgIpc) is 2.88. The van der Waals surface area contributed by atoms with Crippen LogP contribution < -0.4 is 0 Å². The van der Waals surface area contributed by atoms with Crippen LogP contribution in [0.4, 0.5) is 0 Å². The minimum absolute atomic E-state index is 0.705. The van der Waals surface area contributed by atoms with Crippen LogP contribution in [-0.2, 0) is 6.42 Å². The van der Waals surface area contributed by atoms with Gasteiger partial charge in [0.25, 0.3) is 0 Å². The van der Waals surface area contributed by atoms with Crippen LogP contribution in [0, 0.1) is 19.8 Å². The molecule has 0 amide bonds. The van der Waals surface area contributed by atoms with Gasteiger partial charge in [0.1, 0.15) is 11.5 Å². The average molecular weight is 285 g/mol. The lowest BCUT2D eigenvalue weighted by Crippen LogP contribution is -2.31. The molecule has 0 radical (unpaired) electrons. The van der Waals surface area contributed by atoms with Crippen LogP contribution in [0.5, 0.6) is 0 Å². The second-order valence-corrected chi connectivity index (χ2v) is 6.20. The maximum absolute atomic E-state index is 4.72. The molecule has 3 heterocycles. The molecule has 1 fully saturated rings. The Morgan fingerprint density at radius 1 is 1.14 bits per heavy atom. The molecule has 1 aliphatic heterocycles. The molecular weight excluding hydrogens is 262 g/mol. The molecule has 2 aromatic heterocycles. The van der Waals surface area contributed by atoms with E-state index in [0.29, 0.717) is 5.92 Å². The van der Waals surface area contributed by atoms with Crippen LogP contribution in [0.1, 0.15) is 30.1 Å². The lowest BCUT2D eigenvalue weighted by molar-refractivity contribution is 0.217. The third-order valence-electron chi connectivity index (χ3n) is 4.18. The van der Waals surface area contributed by atoms with Crippen LogP contribution in [0.15, 0.2) is 12.1 Å². The van der Waals surface area contributed by atoms with Crippen molar-refractivity contribution in [2.24, 2.45) is 5.92 Å². The molecule has 21 heavy (non-hydrogen) atoms. The third-order valence-corrected chi connectivity index (χ3v) is 4.18. The highest BCUT2D eigenvalue weighted by molar-refractivity contribution is 5.54. The van der Waals surface area contributed by atoms with Crippen molar-refractivity contribution in [3.63, 3.8) is 0 Å². The van der Waals surface area contributed by atoms with E-state index in [2.05, 4.69) is 27.1 Å². The highest BCUT2D eigenvalue weighted by Gasteiger charge is 2.18. The molecule has 112 valence electrons. The SMILES string of the molecule is Cc1cc(-c2cc(C)[nH]n2)nc(CC2CCN(C)CC2)n1. The van der Waals surface area contributed by atoms with Crippen molar-refractivity contribution in [2.75, 3.05) is 20.1 Å². The van der Waals surface area contributed by atoms with Crippen molar-refractivity contribution >= 4 is 0 Å². The monoisotopic (exact) mass is 285 g/mol. The lowest BCUT2D eigenvalue weighted by Gasteiger charge is -2.28. The van der Waals surface area contributed by atoms with Gasteiger partial charge in [-0.15, -0.1) is 0 Å². The molecule has 0 bridgehead atoms. The fraction of sp³-hybridized carbons (Fsp3) is 0.562. The van der Waals surface area contributed by atoms with Gasteiger partial charge in [-0.05, 0) is 64.9 Å². The second-order valence-electron chi connectivity index (χ2n) is 6.20.